The molecule has 1 saturated heterocycles. The van der Waals surface area contributed by atoms with Gasteiger partial charge in [0.15, 0.2) is 11.6 Å². The Morgan fingerprint density at radius 2 is 1.86 bits per heavy atom. The molecular formula is C14H17BFN3O2. The van der Waals surface area contributed by atoms with Crippen molar-refractivity contribution in [2.24, 2.45) is 0 Å². The predicted octanol–water partition coefficient (Wildman–Crippen LogP) is 1.71. The van der Waals surface area contributed by atoms with Gasteiger partial charge < -0.3 is 9.31 Å². The van der Waals surface area contributed by atoms with Crippen LogP contribution in [-0.2, 0) is 9.31 Å². The number of hydrogen-bond acceptors (Lipinski definition) is 4. The van der Waals surface area contributed by atoms with Crippen LogP contribution in [0.15, 0.2) is 30.7 Å². The van der Waals surface area contributed by atoms with Crippen LogP contribution >= 0.6 is 0 Å². The van der Waals surface area contributed by atoms with Gasteiger partial charge in [0.2, 0.25) is 0 Å². The van der Waals surface area contributed by atoms with E-state index in [4.69, 9.17) is 9.31 Å². The second kappa shape index (κ2) is 4.64. The average Bonchev–Trinajstić information content (AvgIpc) is 2.94. The van der Waals surface area contributed by atoms with Crippen molar-refractivity contribution in [2.45, 2.75) is 38.9 Å². The van der Waals surface area contributed by atoms with Crippen LogP contribution in [0, 0.1) is 5.82 Å². The predicted molar refractivity (Wildman–Crippen MR) is 77.0 cm³/mol. The van der Waals surface area contributed by atoms with E-state index >= 15 is 0 Å². The van der Waals surface area contributed by atoms with E-state index in [-0.39, 0.29) is 5.82 Å². The van der Waals surface area contributed by atoms with Crippen LogP contribution in [0.5, 0.6) is 0 Å². The highest BCUT2D eigenvalue weighted by atomic mass is 19.1. The Balaban J connectivity index is 1.89. The molecule has 0 atom stereocenters. The standard InChI is InChI=1S/C14H17BFN3O2/c1-13(2)14(3,4)21-15(20-13)10-8-18-19(9-10)12-11(16)6-5-7-17-12/h5-9H,1-4H3. The summed E-state index contributed by atoms with van der Waals surface area (Å²) in [5.41, 5.74) is -0.106. The molecule has 7 heteroatoms. The smallest absolute Gasteiger partial charge is 0.399 e. The van der Waals surface area contributed by atoms with Gasteiger partial charge in [-0.2, -0.15) is 5.10 Å². The molecule has 3 rings (SSSR count). The molecule has 0 bridgehead atoms. The minimum absolute atomic E-state index is 0.153. The van der Waals surface area contributed by atoms with E-state index in [2.05, 4.69) is 10.1 Å². The van der Waals surface area contributed by atoms with Crippen LogP contribution in [0.25, 0.3) is 5.82 Å². The van der Waals surface area contributed by atoms with Gasteiger partial charge >= 0.3 is 7.12 Å². The zero-order chi connectivity index (χ0) is 15.3. The lowest BCUT2D eigenvalue weighted by atomic mass is 9.82. The summed E-state index contributed by atoms with van der Waals surface area (Å²) in [7, 11) is -0.518. The molecule has 0 unspecified atom stereocenters. The fraction of sp³-hybridized carbons (Fsp3) is 0.429. The zero-order valence-corrected chi connectivity index (χ0v) is 12.5. The van der Waals surface area contributed by atoms with Gasteiger partial charge in [0.05, 0.1) is 11.2 Å². The van der Waals surface area contributed by atoms with Gasteiger partial charge in [0.1, 0.15) is 0 Å². The molecule has 0 N–H and O–H groups in total. The van der Waals surface area contributed by atoms with Gasteiger partial charge in [0, 0.05) is 24.1 Å². The van der Waals surface area contributed by atoms with Crippen molar-refractivity contribution in [3.05, 3.63) is 36.5 Å². The average molecular weight is 289 g/mol. The number of halogens is 1. The maximum Gasteiger partial charge on any atom is 0.498 e. The molecule has 0 spiro atoms. The second-order valence-corrected chi connectivity index (χ2v) is 6.12. The van der Waals surface area contributed by atoms with Gasteiger partial charge in [0.25, 0.3) is 0 Å². The molecule has 2 aromatic heterocycles. The summed E-state index contributed by atoms with van der Waals surface area (Å²) >= 11 is 0. The third-order valence-electron chi connectivity index (χ3n) is 4.08. The van der Waals surface area contributed by atoms with E-state index < -0.39 is 24.1 Å². The number of pyridine rings is 1. The minimum Gasteiger partial charge on any atom is -0.399 e. The molecule has 1 aliphatic rings. The third-order valence-corrected chi connectivity index (χ3v) is 4.08. The molecule has 0 saturated carbocycles. The fourth-order valence-electron chi connectivity index (χ4n) is 2.10. The normalized spacial score (nSPS) is 20.0. The molecule has 21 heavy (non-hydrogen) atoms. The number of aromatic nitrogens is 3. The largest absolute Gasteiger partial charge is 0.498 e. The Morgan fingerprint density at radius 3 is 2.48 bits per heavy atom. The van der Waals surface area contributed by atoms with Crippen LogP contribution in [0.3, 0.4) is 0 Å². The molecule has 1 fully saturated rings. The highest BCUT2D eigenvalue weighted by molar-refractivity contribution is 6.62. The van der Waals surface area contributed by atoms with Crippen molar-refractivity contribution in [2.75, 3.05) is 0 Å². The molecule has 0 radical (unpaired) electrons. The van der Waals surface area contributed by atoms with Gasteiger partial charge in [-0.15, -0.1) is 0 Å². The molecular weight excluding hydrogens is 272 g/mol. The van der Waals surface area contributed by atoms with Crippen LogP contribution in [0.2, 0.25) is 0 Å². The van der Waals surface area contributed by atoms with E-state index in [1.165, 1.54) is 23.0 Å². The first-order chi connectivity index (χ1) is 9.80. The van der Waals surface area contributed by atoms with Crippen molar-refractivity contribution in [1.82, 2.24) is 14.8 Å². The second-order valence-electron chi connectivity index (χ2n) is 6.12. The van der Waals surface area contributed by atoms with Gasteiger partial charge in [-0.25, -0.2) is 14.1 Å². The Bertz CT molecular complexity index is 656. The van der Waals surface area contributed by atoms with Gasteiger partial charge in [-0.1, -0.05) is 0 Å². The summed E-state index contributed by atoms with van der Waals surface area (Å²) in [6.07, 6.45) is 4.80. The number of nitrogens with zero attached hydrogens (tertiary/aromatic N) is 3. The van der Waals surface area contributed by atoms with E-state index in [9.17, 15) is 4.39 Å². The Morgan fingerprint density at radius 1 is 1.19 bits per heavy atom. The first kappa shape index (κ1) is 14.2. The Hall–Kier alpha value is -1.73. The zero-order valence-electron chi connectivity index (χ0n) is 12.5. The van der Waals surface area contributed by atoms with Crippen molar-refractivity contribution in [3.8, 4) is 5.82 Å². The van der Waals surface area contributed by atoms with Gasteiger partial charge in [-0.05, 0) is 39.8 Å². The summed E-state index contributed by atoms with van der Waals surface area (Å²) in [6.45, 7) is 7.93. The van der Waals surface area contributed by atoms with Gasteiger partial charge in [-0.3, -0.25) is 0 Å². The van der Waals surface area contributed by atoms with E-state index in [1.54, 1.807) is 12.4 Å². The highest BCUT2D eigenvalue weighted by Gasteiger charge is 2.52. The molecule has 2 aromatic rings. The molecule has 1 aliphatic heterocycles. The highest BCUT2D eigenvalue weighted by Crippen LogP contribution is 2.36. The molecule has 110 valence electrons. The first-order valence-corrected chi connectivity index (χ1v) is 6.81. The Kier molecular flexibility index (Phi) is 3.14. The maximum atomic E-state index is 13.7. The van der Waals surface area contributed by atoms with Crippen molar-refractivity contribution in [3.63, 3.8) is 0 Å². The summed E-state index contributed by atoms with van der Waals surface area (Å²) in [4.78, 5) is 3.99. The third kappa shape index (κ3) is 2.36. The summed E-state index contributed by atoms with van der Waals surface area (Å²) in [5.74, 6) is -0.277. The van der Waals surface area contributed by atoms with E-state index in [1.807, 2.05) is 27.7 Å². The lowest BCUT2D eigenvalue weighted by molar-refractivity contribution is 0.00578. The topological polar surface area (TPSA) is 49.2 Å². The molecule has 3 heterocycles. The van der Waals surface area contributed by atoms with E-state index in [0.29, 0.717) is 0 Å². The minimum atomic E-state index is -0.518. The molecule has 0 aliphatic carbocycles. The lowest BCUT2D eigenvalue weighted by Crippen LogP contribution is -2.41. The molecule has 0 aromatic carbocycles. The number of hydrogen-bond donors (Lipinski definition) is 0. The van der Waals surface area contributed by atoms with Crippen molar-refractivity contribution in [1.29, 1.82) is 0 Å². The fourth-order valence-corrected chi connectivity index (χ4v) is 2.10. The van der Waals surface area contributed by atoms with Crippen LogP contribution in [-0.4, -0.2) is 33.1 Å². The number of rotatable bonds is 2. The SMILES string of the molecule is CC1(C)OB(c2cnn(-c3ncccc3F)c2)OC1(C)C. The van der Waals surface area contributed by atoms with Crippen LogP contribution < -0.4 is 5.46 Å². The molecule has 0 amide bonds. The quantitative estimate of drug-likeness (QED) is 0.790. The summed E-state index contributed by atoms with van der Waals surface area (Å²) in [6, 6.07) is 2.88. The maximum absolute atomic E-state index is 13.7. The van der Waals surface area contributed by atoms with Crippen molar-refractivity contribution < 1.29 is 13.7 Å². The van der Waals surface area contributed by atoms with E-state index in [0.717, 1.165) is 5.46 Å². The Labute approximate surface area is 123 Å². The first-order valence-electron chi connectivity index (χ1n) is 6.81. The van der Waals surface area contributed by atoms with Crippen molar-refractivity contribution >= 4 is 12.6 Å². The van der Waals surface area contributed by atoms with Crippen LogP contribution in [0.1, 0.15) is 27.7 Å². The monoisotopic (exact) mass is 289 g/mol. The van der Waals surface area contributed by atoms with Crippen LogP contribution in [0.4, 0.5) is 4.39 Å². The summed E-state index contributed by atoms with van der Waals surface area (Å²) < 4.78 is 27.0. The lowest BCUT2D eigenvalue weighted by Gasteiger charge is -2.32. The molecule has 5 nitrogen and oxygen atoms in total. The summed E-state index contributed by atoms with van der Waals surface area (Å²) in [5, 5.41) is 4.14.